The van der Waals surface area contributed by atoms with Crippen LogP contribution in [0, 0.1) is 0 Å². The molecule has 3 nitrogen and oxygen atoms in total. The molecule has 2 aromatic rings. The van der Waals surface area contributed by atoms with E-state index < -0.39 is 0 Å². The summed E-state index contributed by atoms with van der Waals surface area (Å²) in [6, 6.07) is 20.8. The fourth-order valence-corrected chi connectivity index (χ4v) is 2.57. The number of nitrogens with two attached hydrogens (primary N) is 1. The number of benzene rings is 2. The lowest BCUT2D eigenvalue weighted by Gasteiger charge is -2.28. The first-order valence-corrected chi connectivity index (χ1v) is 7.01. The van der Waals surface area contributed by atoms with E-state index in [4.69, 9.17) is 10.8 Å². The zero-order valence-electron chi connectivity index (χ0n) is 11.6. The standard InChI is InChI=1S/C17H22N2O/c18-13-16(19-11-12-20)17(14-7-3-1-4-8-14)15-9-5-2-6-10-15/h1-10,16-17,19-20H,11-13,18H2. The molecular formula is C17H22N2O. The summed E-state index contributed by atoms with van der Waals surface area (Å²) in [6.45, 7) is 1.19. The largest absolute Gasteiger partial charge is 0.395 e. The van der Waals surface area contributed by atoms with Crippen molar-refractivity contribution < 1.29 is 5.11 Å². The highest BCUT2D eigenvalue weighted by Gasteiger charge is 2.23. The van der Waals surface area contributed by atoms with E-state index in [9.17, 15) is 0 Å². The van der Waals surface area contributed by atoms with Crippen LogP contribution in [-0.4, -0.2) is 30.8 Å². The van der Waals surface area contributed by atoms with Crippen LogP contribution >= 0.6 is 0 Å². The third-order valence-corrected chi connectivity index (χ3v) is 3.49. The second-order valence-electron chi connectivity index (χ2n) is 4.82. The summed E-state index contributed by atoms with van der Waals surface area (Å²) < 4.78 is 0. The first-order valence-electron chi connectivity index (χ1n) is 7.01. The quantitative estimate of drug-likeness (QED) is 0.718. The molecule has 4 N–H and O–H groups in total. The molecule has 0 aromatic heterocycles. The highest BCUT2D eigenvalue weighted by atomic mass is 16.3. The topological polar surface area (TPSA) is 58.3 Å². The van der Waals surface area contributed by atoms with E-state index in [2.05, 4.69) is 29.6 Å². The van der Waals surface area contributed by atoms with Gasteiger partial charge in [0.15, 0.2) is 0 Å². The predicted molar refractivity (Wildman–Crippen MR) is 82.7 cm³/mol. The summed E-state index contributed by atoms with van der Waals surface area (Å²) in [4.78, 5) is 0. The van der Waals surface area contributed by atoms with Gasteiger partial charge in [-0.15, -0.1) is 0 Å². The Morgan fingerprint density at radius 2 is 1.40 bits per heavy atom. The first kappa shape index (κ1) is 14.7. The van der Waals surface area contributed by atoms with Crippen LogP contribution in [0.5, 0.6) is 0 Å². The molecular weight excluding hydrogens is 248 g/mol. The van der Waals surface area contributed by atoms with Crippen LogP contribution in [0.3, 0.4) is 0 Å². The molecule has 3 heteroatoms. The minimum Gasteiger partial charge on any atom is -0.395 e. The SMILES string of the molecule is NCC(NCCO)C(c1ccccc1)c1ccccc1. The fourth-order valence-electron chi connectivity index (χ4n) is 2.57. The van der Waals surface area contributed by atoms with E-state index in [1.165, 1.54) is 11.1 Å². The van der Waals surface area contributed by atoms with Crippen molar-refractivity contribution in [2.24, 2.45) is 5.73 Å². The summed E-state index contributed by atoms with van der Waals surface area (Å²) in [6.07, 6.45) is 0. The van der Waals surface area contributed by atoms with E-state index in [-0.39, 0.29) is 18.6 Å². The maximum atomic E-state index is 9.03. The summed E-state index contributed by atoms with van der Waals surface area (Å²) in [5.74, 6) is 0.189. The molecule has 2 aromatic carbocycles. The van der Waals surface area contributed by atoms with Crippen LogP contribution < -0.4 is 11.1 Å². The lowest BCUT2D eigenvalue weighted by molar-refractivity contribution is 0.281. The minimum atomic E-state index is 0.104. The van der Waals surface area contributed by atoms with Gasteiger partial charge in [0.1, 0.15) is 0 Å². The third-order valence-electron chi connectivity index (χ3n) is 3.49. The van der Waals surface area contributed by atoms with E-state index in [0.29, 0.717) is 13.1 Å². The van der Waals surface area contributed by atoms with Crippen molar-refractivity contribution in [1.29, 1.82) is 0 Å². The Hall–Kier alpha value is -1.68. The molecule has 0 aliphatic rings. The molecule has 0 saturated heterocycles. The summed E-state index contributed by atoms with van der Waals surface area (Å²) in [7, 11) is 0. The Balaban J connectivity index is 2.33. The van der Waals surface area contributed by atoms with Crippen molar-refractivity contribution in [3.8, 4) is 0 Å². The van der Waals surface area contributed by atoms with Crippen LogP contribution in [0.1, 0.15) is 17.0 Å². The zero-order chi connectivity index (χ0) is 14.2. The van der Waals surface area contributed by atoms with Gasteiger partial charge in [0.2, 0.25) is 0 Å². The van der Waals surface area contributed by atoms with Gasteiger partial charge < -0.3 is 16.2 Å². The number of aliphatic hydroxyl groups excluding tert-OH is 1. The van der Waals surface area contributed by atoms with E-state index in [1.807, 2.05) is 36.4 Å². The summed E-state index contributed by atoms with van der Waals surface area (Å²) in [5.41, 5.74) is 8.42. The minimum absolute atomic E-state index is 0.104. The van der Waals surface area contributed by atoms with Gasteiger partial charge in [-0.1, -0.05) is 60.7 Å². The summed E-state index contributed by atoms with van der Waals surface area (Å²) in [5, 5.41) is 12.4. The lowest BCUT2D eigenvalue weighted by Crippen LogP contribution is -2.42. The molecule has 20 heavy (non-hydrogen) atoms. The maximum Gasteiger partial charge on any atom is 0.0556 e. The Morgan fingerprint density at radius 1 is 0.900 bits per heavy atom. The number of hydrogen-bond donors (Lipinski definition) is 3. The van der Waals surface area contributed by atoms with Crippen LogP contribution in [-0.2, 0) is 0 Å². The fraction of sp³-hybridized carbons (Fsp3) is 0.294. The normalized spacial score (nSPS) is 12.6. The van der Waals surface area contributed by atoms with Crippen molar-refractivity contribution in [2.45, 2.75) is 12.0 Å². The average Bonchev–Trinajstić information content (AvgIpc) is 2.53. The van der Waals surface area contributed by atoms with Gasteiger partial charge in [0.05, 0.1) is 6.61 Å². The van der Waals surface area contributed by atoms with Crippen molar-refractivity contribution in [1.82, 2.24) is 5.32 Å². The molecule has 0 radical (unpaired) electrons. The van der Waals surface area contributed by atoms with Gasteiger partial charge in [-0.2, -0.15) is 0 Å². The molecule has 0 bridgehead atoms. The van der Waals surface area contributed by atoms with Crippen molar-refractivity contribution in [3.05, 3.63) is 71.8 Å². The monoisotopic (exact) mass is 270 g/mol. The maximum absolute atomic E-state index is 9.03. The Labute approximate surface area is 120 Å². The molecule has 0 heterocycles. The number of hydrogen-bond acceptors (Lipinski definition) is 3. The highest BCUT2D eigenvalue weighted by Crippen LogP contribution is 2.27. The van der Waals surface area contributed by atoms with Gasteiger partial charge in [-0.3, -0.25) is 0 Å². The molecule has 0 saturated carbocycles. The molecule has 0 amide bonds. The molecule has 0 spiro atoms. The number of nitrogens with one attached hydrogen (secondary N) is 1. The molecule has 0 fully saturated rings. The van der Waals surface area contributed by atoms with Crippen molar-refractivity contribution in [3.63, 3.8) is 0 Å². The second-order valence-corrected chi connectivity index (χ2v) is 4.82. The van der Waals surface area contributed by atoms with Crippen molar-refractivity contribution in [2.75, 3.05) is 19.7 Å². The Morgan fingerprint density at radius 3 is 1.80 bits per heavy atom. The van der Waals surface area contributed by atoms with Gasteiger partial charge in [0, 0.05) is 25.0 Å². The van der Waals surface area contributed by atoms with Crippen molar-refractivity contribution >= 4 is 0 Å². The highest BCUT2D eigenvalue weighted by molar-refractivity contribution is 5.34. The number of aliphatic hydroxyl groups is 1. The average molecular weight is 270 g/mol. The Kier molecular flexibility index (Phi) is 5.74. The zero-order valence-corrected chi connectivity index (χ0v) is 11.6. The van der Waals surface area contributed by atoms with Crippen LogP contribution in [0.15, 0.2) is 60.7 Å². The van der Waals surface area contributed by atoms with E-state index in [1.54, 1.807) is 0 Å². The first-order chi connectivity index (χ1) is 9.86. The molecule has 1 atom stereocenters. The third kappa shape index (κ3) is 3.67. The van der Waals surface area contributed by atoms with Crippen LogP contribution in [0.25, 0.3) is 0 Å². The smallest absolute Gasteiger partial charge is 0.0556 e. The lowest BCUT2D eigenvalue weighted by atomic mass is 9.85. The Bertz CT molecular complexity index is 447. The van der Waals surface area contributed by atoms with Crippen LogP contribution in [0.4, 0.5) is 0 Å². The van der Waals surface area contributed by atoms with E-state index >= 15 is 0 Å². The van der Waals surface area contributed by atoms with Gasteiger partial charge in [-0.25, -0.2) is 0 Å². The number of rotatable bonds is 7. The molecule has 0 aliphatic heterocycles. The van der Waals surface area contributed by atoms with Gasteiger partial charge >= 0.3 is 0 Å². The van der Waals surface area contributed by atoms with E-state index in [0.717, 1.165) is 0 Å². The molecule has 2 rings (SSSR count). The second kappa shape index (κ2) is 7.80. The van der Waals surface area contributed by atoms with Crippen LogP contribution in [0.2, 0.25) is 0 Å². The molecule has 1 unspecified atom stereocenters. The summed E-state index contributed by atoms with van der Waals surface area (Å²) >= 11 is 0. The van der Waals surface area contributed by atoms with Gasteiger partial charge in [0.25, 0.3) is 0 Å². The van der Waals surface area contributed by atoms with Gasteiger partial charge in [-0.05, 0) is 11.1 Å². The molecule has 106 valence electrons. The predicted octanol–water partition coefficient (Wildman–Crippen LogP) is 1.73. The molecule has 0 aliphatic carbocycles.